The fraction of sp³-hybridized carbons (Fsp3) is 0.778. The first-order valence-electron chi connectivity index (χ1n) is 5.36. The van der Waals surface area contributed by atoms with Gasteiger partial charge in [-0.15, -0.1) is 0 Å². The van der Waals surface area contributed by atoms with Crippen LogP contribution in [0.5, 0.6) is 0 Å². The molecule has 3 N–H and O–H groups in total. The van der Waals surface area contributed by atoms with Crippen molar-refractivity contribution in [1.29, 1.82) is 0 Å². The van der Waals surface area contributed by atoms with Crippen molar-refractivity contribution in [2.45, 2.75) is 37.5 Å². The fourth-order valence-corrected chi connectivity index (χ4v) is 2.58. The van der Waals surface area contributed by atoms with E-state index in [9.17, 15) is 18.0 Å². The van der Waals surface area contributed by atoms with E-state index >= 15 is 0 Å². The Morgan fingerprint density at radius 3 is 2.76 bits per heavy atom. The summed E-state index contributed by atoms with van der Waals surface area (Å²) in [4.78, 5) is 22.1. The van der Waals surface area contributed by atoms with Crippen molar-refractivity contribution in [1.82, 2.24) is 10.0 Å². The quantitative estimate of drug-likeness (QED) is 0.606. The summed E-state index contributed by atoms with van der Waals surface area (Å²) >= 11 is 0. The van der Waals surface area contributed by atoms with E-state index in [0.29, 0.717) is 19.4 Å². The van der Waals surface area contributed by atoms with Gasteiger partial charge in [-0.25, -0.2) is 13.1 Å². The van der Waals surface area contributed by atoms with Gasteiger partial charge in [-0.05, 0) is 26.2 Å². The molecule has 0 saturated carbocycles. The Morgan fingerprint density at radius 2 is 2.18 bits per heavy atom. The molecule has 1 fully saturated rings. The number of carbonyl (C=O) groups is 2. The first kappa shape index (κ1) is 13.9. The summed E-state index contributed by atoms with van der Waals surface area (Å²) in [7, 11) is -4.02. The van der Waals surface area contributed by atoms with Crippen LogP contribution in [0, 0.1) is 0 Å². The summed E-state index contributed by atoms with van der Waals surface area (Å²) in [6.07, 6.45) is 1.89. The molecule has 1 aliphatic rings. The van der Waals surface area contributed by atoms with E-state index in [1.54, 1.807) is 0 Å². The number of carbonyl (C=O) groups excluding carboxylic acids is 1. The predicted molar refractivity (Wildman–Crippen MR) is 59.8 cm³/mol. The third kappa shape index (κ3) is 3.67. The van der Waals surface area contributed by atoms with Crippen LogP contribution in [-0.4, -0.2) is 43.2 Å². The maximum Gasteiger partial charge on any atom is 0.323 e. The average molecular weight is 264 g/mol. The molecule has 98 valence electrons. The Balaban J connectivity index is 2.75. The van der Waals surface area contributed by atoms with Crippen molar-refractivity contribution in [2.75, 3.05) is 6.54 Å². The zero-order valence-corrected chi connectivity index (χ0v) is 10.3. The van der Waals surface area contributed by atoms with Crippen LogP contribution in [0.3, 0.4) is 0 Å². The molecule has 0 aromatic carbocycles. The molecule has 0 radical (unpaired) electrons. The van der Waals surface area contributed by atoms with Crippen LogP contribution in [0.15, 0.2) is 0 Å². The number of amides is 1. The van der Waals surface area contributed by atoms with Crippen LogP contribution in [-0.2, 0) is 19.6 Å². The van der Waals surface area contributed by atoms with Gasteiger partial charge in [0.05, 0.1) is 0 Å². The lowest BCUT2D eigenvalue weighted by atomic mass is 10.1. The third-order valence-electron chi connectivity index (χ3n) is 2.66. The lowest BCUT2D eigenvalue weighted by Crippen LogP contribution is -2.49. The highest BCUT2D eigenvalue weighted by atomic mass is 32.2. The highest BCUT2D eigenvalue weighted by Gasteiger charge is 2.32. The molecule has 0 bridgehead atoms. The second-order valence-electron chi connectivity index (χ2n) is 3.98. The van der Waals surface area contributed by atoms with Gasteiger partial charge < -0.3 is 10.4 Å². The molecule has 2 unspecified atom stereocenters. The molecular weight excluding hydrogens is 248 g/mol. The van der Waals surface area contributed by atoms with E-state index in [-0.39, 0.29) is 0 Å². The van der Waals surface area contributed by atoms with E-state index < -0.39 is 33.2 Å². The van der Waals surface area contributed by atoms with Gasteiger partial charge in [0.2, 0.25) is 15.9 Å². The van der Waals surface area contributed by atoms with Crippen LogP contribution in [0.25, 0.3) is 0 Å². The molecule has 0 aliphatic carbocycles. The minimum atomic E-state index is -4.02. The zero-order valence-electron chi connectivity index (χ0n) is 9.47. The Kier molecular flexibility index (Phi) is 4.47. The Morgan fingerprint density at radius 1 is 1.53 bits per heavy atom. The Hall–Kier alpha value is -1.15. The van der Waals surface area contributed by atoms with E-state index in [1.807, 2.05) is 0 Å². The van der Waals surface area contributed by atoms with Crippen LogP contribution < -0.4 is 10.0 Å². The SMILES string of the molecule is CC(C(=O)O)S(=O)(=O)NC1CCCCNC1=O. The molecule has 1 rings (SSSR count). The van der Waals surface area contributed by atoms with Crippen molar-refractivity contribution in [2.24, 2.45) is 0 Å². The summed E-state index contributed by atoms with van der Waals surface area (Å²) in [5.41, 5.74) is 0. The number of hydrogen-bond acceptors (Lipinski definition) is 4. The molecule has 1 aliphatic heterocycles. The maximum absolute atomic E-state index is 11.6. The lowest BCUT2D eigenvalue weighted by Gasteiger charge is -2.17. The van der Waals surface area contributed by atoms with Gasteiger partial charge in [-0.2, -0.15) is 0 Å². The predicted octanol–water partition coefficient (Wildman–Crippen LogP) is -0.952. The van der Waals surface area contributed by atoms with Gasteiger partial charge in [-0.1, -0.05) is 0 Å². The van der Waals surface area contributed by atoms with Gasteiger partial charge in [0.1, 0.15) is 6.04 Å². The first-order valence-corrected chi connectivity index (χ1v) is 6.91. The lowest BCUT2D eigenvalue weighted by molar-refractivity contribution is -0.136. The minimum absolute atomic E-state index is 0.386. The number of carboxylic acids is 1. The molecule has 17 heavy (non-hydrogen) atoms. The van der Waals surface area contributed by atoms with Crippen molar-refractivity contribution in [3.8, 4) is 0 Å². The molecular formula is C9H16N2O5S. The second kappa shape index (κ2) is 5.46. The summed E-state index contributed by atoms with van der Waals surface area (Å²) in [6, 6.07) is -0.871. The molecule has 0 aromatic rings. The van der Waals surface area contributed by atoms with Crippen LogP contribution in [0.4, 0.5) is 0 Å². The van der Waals surface area contributed by atoms with Crippen molar-refractivity contribution < 1.29 is 23.1 Å². The fourth-order valence-electron chi connectivity index (χ4n) is 1.48. The number of aliphatic carboxylic acids is 1. The normalized spacial score (nSPS) is 23.6. The number of carboxylic acid groups (broad SMARTS) is 1. The highest BCUT2D eigenvalue weighted by molar-refractivity contribution is 7.90. The van der Waals surface area contributed by atoms with Crippen LogP contribution in [0.2, 0.25) is 0 Å². The largest absolute Gasteiger partial charge is 0.480 e. The summed E-state index contributed by atoms with van der Waals surface area (Å²) in [5, 5.41) is 9.65. The molecule has 1 heterocycles. The van der Waals surface area contributed by atoms with E-state index in [1.165, 1.54) is 0 Å². The number of hydrogen-bond donors (Lipinski definition) is 3. The van der Waals surface area contributed by atoms with E-state index in [4.69, 9.17) is 5.11 Å². The molecule has 8 heteroatoms. The van der Waals surface area contributed by atoms with Gasteiger partial charge in [0.25, 0.3) is 0 Å². The Labute approximate surface area is 99.6 Å². The zero-order chi connectivity index (χ0) is 13.1. The van der Waals surface area contributed by atoms with Crippen molar-refractivity contribution >= 4 is 21.9 Å². The molecule has 1 amide bonds. The van der Waals surface area contributed by atoms with Crippen molar-refractivity contribution in [3.63, 3.8) is 0 Å². The molecule has 0 spiro atoms. The van der Waals surface area contributed by atoms with Crippen LogP contribution >= 0.6 is 0 Å². The highest BCUT2D eigenvalue weighted by Crippen LogP contribution is 2.08. The maximum atomic E-state index is 11.6. The summed E-state index contributed by atoms with van der Waals surface area (Å²) in [5.74, 6) is -1.84. The molecule has 1 saturated heterocycles. The number of rotatable bonds is 4. The molecule has 7 nitrogen and oxygen atoms in total. The van der Waals surface area contributed by atoms with Crippen LogP contribution in [0.1, 0.15) is 26.2 Å². The van der Waals surface area contributed by atoms with E-state index in [0.717, 1.165) is 13.3 Å². The average Bonchev–Trinajstić information content (AvgIpc) is 2.43. The van der Waals surface area contributed by atoms with Gasteiger partial charge in [0, 0.05) is 6.54 Å². The minimum Gasteiger partial charge on any atom is -0.480 e. The number of nitrogens with one attached hydrogen (secondary N) is 2. The monoisotopic (exact) mass is 264 g/mol. The summed E-state index contributed by atoms with van der Waals surface area (Å²) < 4.78 is 25.4. The smallest absolute Gasteiger partial charge is 0.323 e. The Bertz CT molecular complexity index is 406. The van der Waals surface area contributed by atoms with Gasteiger partial charge >= 0.3 is 5.97 Å². The first-order chi connectivity index (χ1) is 7.84. The second-order valence-corrected chi connectivity index (χ2v) is 6.02. The third-order valence-corrected chi connectivity index (χ3v) is 4.40. The molecule has 0 aromatic heterocycles. The van der Waals surface area contributed by atoms with Gasteiger partial charge in [-0.3, -0.25) is 9.59 Å². The van der Waals surface area contributed by atoms with E-state index in [2.05, 4.69) is 10.0 Å². The van der Waals surface area contributed by atoms with Crippen molar-refractivity contribution in [3.05, 3.63) is 0 Å². The summed E-state index contributed by atoms with van der Waals surface area (Å²) in [6.45, 7) is 1.59. The molecule has 2 atom stereocenters. The van der Waals surface area contributed by atoms with Gasteiger partial charge in [0.15, 0.2) is 5.25 Å². The number of sulfonamides is 1. The standard InChI is InChI=1S/C9H16N2O5S/c1-6(9(13)14)17(15,16)11-7-4-2-3-5-10-8(7)12/h6-7,11H,2-5H2,1H3,(H,10,12)(H,13,14). The topological polar surface area (TPSA) is 113 Å².